The molecule has 2 aromatic carbocycles. The summed E-state index contributed by atoms with van der Waals surface area (Å²) < 4.78 is 2.00. The van der Waals surface area contributed by atoms with E-state index in [0.717, 1.165) is 16.0 Å². The number of thiophene rings is 1. The Kier molecular flexibility index (Phi) is 5.18. The molecule has 4 rings (SSSR count). The van der Waals surface area contributed by atoms with Crippen molar-refractivity contribution < 1.29 is 0 Å². The standard InChI is InChI=1S/C21H18N4OS2/c1-14-23-17-12-18(16-10-6-3-7-11-16)28-19(17)20(26)25(14)24-21(27)22-13-15-8-4-2-5-9-15/h2-12H,13H2,1H3,(H2,22,24,27). The lowest BCUT2D eigenvalue weighted by Gasteiger charge is -2.14. The highest BCUT2D eigenvalue weighted by atomic mass is 32.1. The molecule has 0 aliphatic heterocycles. The smallest absolute Gasteiger partial charge is 0.290 e. The van der Waals surface area contributed by atoms with Crippen LogP contribution in [0.2, 0.25) is 0 Å². The Hall–Kier alpha value is -3.03. The molecule has 4 aromatic rings. The number of aryl methyl sites for hydroxylation is 1. The molecule has 2 aromatic heterocycles. The highest BCUT2D eigenvalue weighted by Gasteiger charge is 2.13. The summed E-state index contributed by atoms with van der Waals surface area (Å²) in [6, 6.07) is 21.9. The monoisotopic (exact) mass is 406 g/mol. The zero-order valence-electron chi connectivity index (χ0n) is 15.2. The summed E-state index contributed by atoms with van der Waals surface area (Å²) >= 11 is 6.79. The number of aromatic nitrogens is 2. The van der Waals surface area contributed by atoms with Crippen LogP contribution < -0.4 is 16.3 Å². The minimum absolute atomic E-state index is 0.154. The van der Waals surface area contributed by atoms with Crippen molar-refractivity contribution in [1.82, 2.24) is 15.0 Å². The van der Waals surface area contributed by atoms with Gasteiger partial charge in [0.1, 0.15) is 10.5 Å². The molecule has 5 nitrogen and oxygen atoms in total. The second-order valence-corrected chi connectivity index (χ2v) is 7.73. The van der Waals surface area contributed by atoms with E-state index in [2.05, 4.69) is 15.7 Å². The predicted molar refractivity (Wildman–Crippen MR) is 119 cm³/mol. The van der Waals surface area contributed by atoms with Crippen LogP contribution in [0.1, 0.15) is 11.4 Å². The third kappa shape index (κ3) is 3.81. The number of hydrogen-bond donors (Lipinski definition) is 2. The molecule has 2 heterocycles. The van der Waals surface area contributed by atoms with Crippen LogP contribution in [-0.4, -0.2) is 14.8 Å². The molecule has 7 heteroatoms. The van der Waals surface area contributed by atoms with Crippen LogP contribution in [0.5, 0.6) is 0 Å². The quantitative estimate of drug-likeness (QED) is 0.501. The Morgan fingerprint density at radius 2 is 1.79 bits per heavy atom. The van der Waals surface area contributed by atoms with Crippen molar-refractivity contribution in [3.63, 3.8) is 0 Å². The molecule has 0 saturated carbocycles. The molecule has 0 aliphatic rings. The minimum atomic E-state index is -0.154. The van der Waals surface area contributed by atoms with Crippen LogP contribution in [-0.2, 0) is 6.54 Å². The summed E-state index contributed by atoms with van der Waals surface area (Å²) in [5, 5.41) is 3.49. The Labute approximate surface area is 171 Å². The van der Waals surface area contributed by atoms with Gasteiger partial charge in [-0.1, -0.05) is 60.7 Å². The summed E-state index contributed by atoms with van der Waals surface area (Å²) in [4.78, 5) is 18.6. The summed E-state index contributed by atoms with van der Waals surface area (Å²) in [7, 11) is 0. The van der Waals surface area contributed by atoms with Gasteiger partial charge in [0, 0.05) is 11.4 Å². The van der Waals surface area contributed by atoms with Crippen molar-refractivity contribution in [2.45, 2.75) is 13.5 Å². The lowest BCUT2D eigenvalue weighted by atomic mass is 10.2. The average molecular weight is 407 g/mol. The molecule has 140 valence electrons. The molecule has 0 unspecified atom stereocenters. The molecule has 0 spiro atoms. The van der Waals surface area contributed by atoms with E-state index in [1.54, 1.807) is 6.92 Å². The fraction of sp³-hybridized carbons (Fsp3) is 0.0952. The Morgan fingerprint density at radius 1 is 1.11 bits per heavy atom. The van der Waals surface area contributed by atoms with E-state index in [1.807, 2.05) is 66.7 Å². The molecule has 0 aliphatic carbocycles. The van der Waals surface area contributed by atoms with Crippen LogP contribution >= 0.6 is 23.6 Å². The molecule has 0 amide bonds. The summed E-state index contributed by atoms with van der Waals surface area (Å²) in [5.74, 6) is 0.554. The first kappa shape index (κ1) is 18.3. The number of benzene rings is 2. The molecule has 0 atom stereocenters. The number of rotatable bonds is 4. The van der Waals surface area contributed by atoms with E-state index in [9.17, 15) is 4.79 Å². The van der Waals surface area contributed by atoms with Gasteiger partial charge >= 0.3 is 0 Å². The zero-order chi connectivity index (χ0) is 19.5. The first-order valence-electron chi connectivity index (χ1n) is 8.79. The molecule has 0 fully saturated rings. The number of hydrogen-bond acceptors (Lipinski definition) is 4. The Bertz CT molecular complexity index is 1180. The molecule has 2 N–H and O–H groups in total. The molecular weight excluding hydrogens is 388 g/mol. The van der Waals surface area contributed by atoms with E-state index in [0.29, 0.717) is 27.7 Å². The lowest BCUT2D eigenvalue weighted by Crippen LogP contribution is -2.40. The van der Waals surface area contributed by atoms with Crippen molar-refractivity contribution in [2.24, 2.45) is 0 Å². The van der Waals surface area contributed by atoms with Crippen molar-refractivity contribution in [1.29, 1.82) is 0 Å². The van der Waals surface area contributed by atoms with Gasteiger partial charge in [0.2, 0.25) is 0 Å². The number of thiocarbonyl (C=S) groups is 1. The van der Waals surface area contributed by atoms with Gasteiger partial charge in [-0.3, -0.25) is 10.2 Å². The molecule has 0 bridgehead atoms. The van der Waals surface area contributed by atoms with Crippen molar-refractivity contribution in [3.8, 4) is 10.4 Å². The van der Waals surface area contributed by atoms with Gasteiger partial charge in [0.05, 0.1) is 5.52 Å². The molecule has 0 saturated heterocycles. The molecular formula is C21H18N4OS2. The summed E-state index contributed by atoms with van der Waals surface area (Å²) in [5.41, 5.74) is 5.68. The largest absolute Gasteiger partial charge is 0.357 e. The van der Waals surface area contributed by atoms with Crippen LogP contribution in [0.3, 0.4) is 0 Å². The van der Waals surface area contributed by atoms with Crippen LogP contribution in [0.4, 0.5) is 0 Å². The molecule has 28 heavy (non-hydrogen) atoms. The fourth-order valence-corrected chi connectivity index (χ4v) is 4.08. The maximum atomic E-state index is 13.0. The van der Waals surface area contributed by atoms with E-state index >= 15 is 0 Å². The van der Waals surface area contributed by atoms with Gasteiger partial charge in [0.25, 0.3) is 5.56 Å². The van der Waals surface area contributed by atoms with Gasteiger partial charge in [-0.15, -0.1) is 11.3 Å². The van der Waals surface area contributed by atoms with Crippen LogP contribution in [0.15, 0.2) is 71.5 Å². The maximum absolute atomic E-state index is 13.0. The first-order chi connectivity index (χ1) is 13.6. The number of nitrogens with zero attached hydrogens (tertiary/aromatic N) is 2. The van der Waals surface area contributed by atoms with Gasteiger partial charge in [-0.05, 0) is 36.3 Å². The van der Waals surface area contributed by atoms with Crippen molar-refractivity contribution in [3.05, 3.63) is 88.5 Å². The predicted octanol–water partition coefficient (Wildman–Crippen LogP) is 4.05. The van der Waals surface area contributed by atoms with Gasteiger partial charge in [0.15, 0.2) is 5.11 Å². The second kappa shape index (κ2) is 7.92. The van der Waals surface area contributed by atoms with E-state index in [4.69, 9.17) is 12.2 Å². The summed E-state index contributed by atoms with van der Waals surface area (Å²) in [6.45, 7) is 2.36. The Balaban J connectivity index is 1.59. The third-order valence-electron chi connectivity index (χ3n) is 4.28. The minimum Gasteiger partial charge on any atom is -0.357 e. The van der Waals surface area contributed by atoms with Crippen LogP contribution in [0.25, 0.3) is 20.7 Å². The maximum Gasteiger partial charge on any atom is 0.290 e. The van der Waals surface area contributed by atoms with Gasteiger partial charge < -0.3 is 5.32 Å². The first-order valence-corrected chi connectivity index (χ1v) is 10.0. The highest BCUT2D eigenvalue weighted by molar-refractivity contribution is 7.80. The topological polar surface area (TPSA) is 59.0 Å². The van der Waals surface area contributed by atoms with Crippen molar-refractivity contribution in [2.75, 3.05) is 5.43 Å². The Morgan fingerprint density at radius 3 is 2.50 bits per heavy atom. The van der Waals surface area contributed by atoms with E-state index in [1.165, 1.54) is 16.0 Å². The zero-order valence-corrected chi connectivity index (χ0v) is 16.8. The lowest BCUT2D eigenvalue weighted by molar-refractivity contribution is 0.816. The SMILES string of the molecule is Cc1nc2cc(-c3ccccc3)sc2c(=O)n1NC(=S)NCc1ccccc1. The van der Waals surface area contributed by atoms with Crippen LogP contribution in [0, 0.1) is 6.92 Å². The van der Waals surface area contributed by atoms with Crippen molar-refractivity contribution >= 4 is 38.9 Å². The van der Waals surface area contributed by atoms with Gasteiger partial charge in [-0.2, -0.15) is 0 Å². The van der Waals surface area contributed by atoms with Gasteiger partial charge in [-0.25, -0.2) is 9.66 Å². The highest BCUT2D eigenvalue weighted by Crippen LogP contribution is 2.30. The molecule has 0 radical (unpaired) electrons. The number of fused-ring (bicyclic) bond motifs is 1. The van der Waals surface area contributed by atoms with E-state index in [-0.39, 0.29) is 5.56 Å². The summed E-state index contributed by atoms with van der Waals surface area (Å²) in [6.07, 6.45) is 0. The average Bonchev–Trinajstić information content (AvgIpc) is 3.15. The van der Waals surface area contributed by atoms with E-state index < -0.39 is 0 Å². The normalized spacial score (nSPS) is 10.8. The third-order valence-corrected chi connectivity index (χ3v) is 5.68. The number of nitrogens with one attached hydrogen (secondary N) is 2. The second-order valence-electron chi connectivity index (χ2n) is 6.27. The fourth-order valence-electron chi connectivity index (χ4n) is 2.89.